The molecule has 0 saturated heterocycles. The zero-order chi connectivity index (χ0) is 30.3. The number of esters is 1. The van der Waals surface area contributed by atoms with E-state index >= 15 is 0 Å². The highest BCUT2D eigenvalue weighted by Crippen LogP contribution is 2.16. The van der Waals surface area contributed by atoms with Crippen LogP contribution in [0.5, 0.6) is 0 Å². The lowest BCUT2D eigenvalue weighted by atomic mass is 10.1. The number of amides is 2. The van der Waals surface area contributed by atoms with Crippen LogP contribution in [0.1, 0.15) is 58.4 Å². The molecule has 0 fully saturated rings. The van der Waals surface area contributed by atoms with Crippen LogP contribution >= 0.6 is 0 Å². The molecular weight excluding hydrogens is 548 g/mol. The van der Waals surface area contributed by atoms with E-state index in [9.17, 15) is 14.4 Å². The summed E-state index contributed by atoms with van der Waals surface area (Å²) in [6.07, 6.45) is 2.57. The van der Waals surface area contributed by atoms with Crippen LogP contribution in [0.2, 0.25) is 0 Å². The summed E-state index contributed by atoms with van der Waals surface area (Å²) in [6, 6.07) is 26.8. The van der Waals surface area contributed by atoms with Crippen LogP contribution < -0.4 is 16.4 Å². The fourth-order valence-electron chi connectivity index (χ4n) is 4.27. The smallest absolute Gasteiger partial charge is 0.407 e. The Kier molecular flexibility index (Phi) is 11.9. The number of rotatable bonds is 15. The summed E-state index contributed by atoms with van der Waals surface area (Å²) in [5.41, 5.74) is 9.00. The molecule has 0 aliphatic rings. The van der Waals surface area contributed by atoms with Gasteiger partial charge in [-0.2, -0.15) is 0 Å². The summed E-state index contributed by atoms with van der Waals surface area (Å²) in [5, 5.41) is 5.42. The van der Waals surface area contributed by atoms with Crippen molar-refractivity contribution in [2.45, 2.75) is 51.0 Å². The summed E-state index contributed by atoms with van der Waals surface area (Å²) in [4.78, 5) is 42.3. The number of ether oxygens (including phenoxy) is 2. The molecule has 0 spiro atoms. The van der Waals surface area contributed by atoms with Crippen molar-refractivity contribution in [3.8, 4) is 0 Å². The van der Waals surface area contributed by atoms with Gasteiger partial charge in [0.15, 0.2) is 5.69 Å². The van der Waals surface area contributed by atoms with Crippen molar-refractivity contribution in [3.05, 3.63) is 126 Å². The van der Waals surface area contributed by atoms with E-state index in [2.05, 4.69) is 15.6 Å². The molecule has 1 heterocycles. The van der Waals surface area contributed by atoms with E-state index in [0.29, 0.717) is 32.2 Å². The Morgan fingerprint density at radius 1 is 0.791 bits per heavy atom. The predicted octanol–water partition coefficient (Wildman–Crippen LogP) is 4.86. The first-order valence-electron chi connectivity index (χ1n) is 14.2. The van der Waals surface area contributed by atoms with Gasteiger partial charge in [0.05, 0.1) is 6.04 Å². The lowest BCUT2D eigenvalue weighted by Crippen LogP contribution is -2.42. The summed E-state index contributed by atoms with van der Waals surface area (Å²) >= 11 is 0. The third-order valence-corrected chi connectivity index (χ3v) is 6.59. The van der Waals surface area contributed by atoms with Gasteiger partial charge in [0.25, 0.3) is 5.91 Å². The van der Waals surface area contributed by atoms with Crippen molar-refractivity contribution < 1.29 is 28.3 Å². The Morgan fingerprint density at radius 2 is 1.37 bits per heavy atom. The summed E-state index contributed by atoms with van der Waals surface area (Å²) in [5.74, 6) is -0.925. The third-order valence-electron chi connectivity index (χ3n) is 6.59. The van der Waals surface area contributed by atoms with Gasteiger partial charge in [-0.25, -0.2) is 14.6 Å². The van der Waals surface area contributed by atoms with Crippen LogP contribution in [0.25, 0.3) is 0 Å². The lowest BCUT2D eigenvalue weighted by molar-refractivity contribution is -0.147. The van der Waals surface area contributed by atoms with Crippen LogP contribution in [-0.2, 0) is 33.9 Å². The van der Waals surface area contributed by atoms with Gasteiger partial charge in [0.1, 0.15) is 25.5 Å². The molecule has 0 saturated carbocycles. The first kappa shape index (κ1) is 31.0. The maximum Gasteiger partial charge on any atom is 0.407 e. The minimum Gasteiger partial charge on any atom is -0.459 e. The van der Waals surface area contributed by atoms with E-state index < -0.39 is 30.1 Å². The quantitative estimate of drug-likeness (QED) is 0.133. The van der Waals surface area contributed by atoms with E-state index in [1.165, 1.54) is 6.26 Å². The van der Waals surface area contributed by atoms with E-state index in [4.69, 9.17) is 19.6 Å². The molecule has 4 aromatic rings. The van der Waals surface area contributed by atoms with Crippen molar-refractivity contribution in [3.63, 3.8) is 0 Å². The van der Waals surface area contributed by atoms with Crippen molar-refractivity contribution in [1.82, 2.24) is 15.6 Å². The monoisotopic (exact) mass is 584 g/mol. The molecule has 2 unspecified atom stereocenters. The van der Waals surface area contributed by atoms with E-state index in [1.54, 1.807) is 0 Å². The molecule has 2 atom stereocenters. The van der Waals surface area contributed by atoms with Gasteiger partial charge >= 0.3 is 12.1 Å². The second-order valence-corrected chi connectivity index (χ2v) is 9.97. The van der Waals surface area contributed by atoms with Gasteiger partial charge < -0.3 is 30.3 Å². The molecule has 4 N–H and O–H groups in total. The second-order valence-electron chi connectivity index (χ2n) is 9.97. The maximum absolute atomic E-state index is 13.0. The summed E-state index contributed by atoms with van der Waals surface area (Å²) in [6.45, 7) is 0.595. The van der Waals surface area contributed by atoms with Crippen LogP contribution in [0, 0.1) is 0 Å². The highest BCUT2D eigenvalue weighted by molar-refractivity contribution is 5.95. The number of carbonyl (C=O) groups excluding carboxylic acids is 3. The molecule has 3 aromatic carbocycles. The third kappa shape index (κ3) is 10.4. The molecule has 1 aromatic heterocycles. The SMILES string of the molecule is NC(Cc1ccccc1)c1nc(C(=O)NC(CCCCNC(=O)OCc2ccccc2)C(=O)OCc2ccccc2)co1. The largest absolute Gasteiger partial charge is 0.459 e. The number of oxazole rings is 1. The molecule has 0 aliphatic carbocycles. The minimum atomic E-state index is -0.931. The zero-order valence-electron chi connectivity index (χ0n) is 23.8. The fourth-order valence-corrected chi connectivity index (χ4v) is 4.27. The van der Waals surface area contributed by atoms with Crippen molar-refractivity contribution in [2.75, 3.05) is 6.54 Å². The number of alkyl carbamates (subject to hydrolysis) is 1. The first-order chi connectivity index (χ1) is 21.0. The average molecular weight is 585 g/mol. The van der Waals surface area contributed by atoms with Gasteiger partial charge in [0, 0.05) is 6.54 Å². The van der Waals surface area contributed by atoms with Gasteiger partial charge in [-0.05, 0) is 42.4 Å². The van der Waals surface area contributed by atoms with E-state index in [0.717, 1.165) is 16.7 Å². The van der Waals surface area contributed by atoms with Crippen LogP contribution in [0.4, 0.5) is 4.79 Å². The van der Waals surface area contributed by atoms with Crippen LogP contribution in [-0.4, -0.2) is 35.5 Å². The van der Waals surface area contributed by atoms with Gasteiger partial charge in [0.2, 0.25) is 5.89 Å². The molecule has 224 valence electrons. The first-order valence-corrected chi connectivity index (χ1v) is 14.2. The Hall–Kier alpha value is -4.96. The Labute approximate surface area is 250 Å². The molecule has 43 heavy (non-hydrogen) atoms. The molecule has 10 nitrogen and oxygen atoms in total. The number of nitrogens with one attached hydrogen (secondary N) is 2. The maximum atomic E-state index is 13.0. The van der Waals surface area contributed by atoms with Gasteiger partial charge in [-0.1, -0.05) is 91.0 Å². The minimum absolute atomic E-state index is 0.0159. The standard InChI is InChI=1S/C33H36N4O6/c34-27(20-24-12-4-1-5-13-24)31-37-29(23-41-31)30(38)36-28(32(39)42-21-25-14-6-2-7-15-25)18-10-11-19-35-33(40)43-22-26-16-8-3-9-17-26/h1-9,12-17,23,27-28H,10-11,18-22,34H2,(H,35,40)(H,36,38). The fraction of sp³-hybridized carbons (Fsp3) is 0.273. The number of carbonyl (C=O) groups is 3. The average Bonchev–Trinajstić information content (AvgIpc) is 3.54. The Bertz CT molecular complexity index is 1430. The normalized spacial score (nSPS) is 12.1. The van der Waals surface area contributed by atoms with Gasteiger partial charge in [-0.15, -0.1) is 0 Å². The Balaban J connectivity index is 1.28. The summed E-state index contributed by atoms with van der Waals surface area (Å²) in [7, 11) is 0. The van der Waals surface area contributed by atoms with Crippen LogP contribution in [0.15, 0.2) is 102 Å². The molecule has 4 rings (SSSR count). The van der Waals surface area contributed by atoms with Crippen LogP contribution in [0.3, 0.4) is 0 Å². The predicted molar refractivity (Wildman–Crippen MR) is 160 cm³/mol. The van der Waals surface area contributed by atoms with Gasteiger partial charge in [-0.3, -0.25) is 4.79 Å². The topological polar surface area (TPSA) is 146 Å². The second kappa shape index (κ2) is 16.5. The number of hydrogen-bond acceptors (Lipinski definition) is 8. The zero-order valence-corrected chi connectivity index (χ0v) is 23.8. The number of benzene rings is 3. The number of nitrogens with two attached hydrogens (primary N) is 1. The highest BCUT2D eigenvalue weighted by Gasteiger charge is 2.25. The molecule has 10 heteroatoms. The molecule has 0 radical (unpaired) electrons. The number of aromatic nitrogens is 1. The number of unbranched alkanes of at least 4 members (excludes halogenated alkanes) is 1. The molecule has 0 bridgehead atoms. The lowest BCUT2D eigenvalue weighted by Gasteiger charge is -2.17. The van der Waals surface area contributed by atoms with E-state index in [-0.39, 0.29) is 24.8 Å². The molecule has 2 amide bonds. The number of hydrogen-bond donors (Lipinski definition) is 3. The van der Waals surface area contributed by atoms with Crippen molar-refractivity contribution in [1.29, 1.82) is 0 Å². The van der Waals surface area contributed by atoms with Crippen molar-refractivity contribution in [2.24, 2.45) is 5.73 Å². The molecule has 0 aliphatic heterocycles. The number of nitrogens with zero attached hydrogens (tertiary/aromatic N) is 1. The molecular formula is C33H36N4O6. The van der Waals surface area contributed by atoms with Crippen molar-refractivity contribution >= 4 is 18.0 Å². The summed E-state index contributed by atoms with van der Waals surface area (Å²) < 4.78 is 16.2. The highest BCUT2D eigenvalue weighted by atomic mass is 16.5. The Morgan fingerprint density at radius 3 is 2.00 bits per heavy atom. The van der Waals surface area contributed by atoms with E-state index in [1.807, 2.05) is 91.0 Å².